The predicted octanol–water partition coefficient (Wildman–Crippen LogP) is 2.30. The molecule has 0 saturated heterocycles. The summed E-state index contributed by atoms with van der Waals surface area (Å²) < 4.78 is 5.91. The van der Waals surface area contributed by atoms with E-state index in [4.69, 9.17) is 0 Å². The molecule has 0 bridgehead atoms. The first-order chi connectivity index (χ1) is 10.7. The molecule has 0 aliphatic heterocycles. The van der Waals surface area contributed by atoms with Gasteiger partial charge in [0.1, 0.15) is 10.5 Å². The summed E-state index contributed by atoms with van der Waals surface area (Å²) in [6.45, 7) is 2.39. The standard InChI is InChI=1S/C15H15N5OS/c1-10-14(22-18-17-10)15(21)20(11-5-6-11)9-12-8-16-13-4-2-3-7-19(12)13/h2-4,7-8,11H,5-6,9H2,1H3. The van der Waals surface area contributed by atoms with E-state index < -0.39 is 0 Å². The molecular weight excluding hydrogens is 298 g/mol. The molecule has 7 heteroatoms. The van der Waals surface area contributed by atoms with Gasteiger partial charge in [0.2, 0.25) is 0 Å². The van der Waals surface area contributed by atoms with Crippen molar-refractivity contribution in [3.8, 4) is 0 Å². The number of carbonyl (C=O) groups is 1. The Morgan fingerprint density at radius 1 is 1.45 bits per heavy atom. The van der Waals surface area contributed by atoms with Crippen LogP contribution in [0.2, 0.25) is 0 Å². The average Bonchev–Trinajstić information content (AvgIpc) is 3.15. The zero-order chi connectivity index (χ0) is 15.1. The molecule has 3 heterocycles. The molecule has 0 unspecified atom stereocenters. The van der Waals surface area contributed by atoms with Gasteiger partial charge in [-0.25, -0.2) is 4.98 Å². The number of aromatic nitrogens is 4. The van der Waals surface area contributed by atoms with E-state index in [2.05, 4.69) is 14.6 Å². The molecule has 4 rings (SSSR count). The van der Waals surface area contributed by atoms with Crippen LogP contribution in [0.15, 0.2) is 30.6 Å². The van der Waals surface area contributed by atoms with Gasteiger partial charge in [-0.05, 0) is 43.4 Å². The van der Waals surface area contributed by atoms with E-state index in [1.807, 2.05) is 46.8 Å². The second kappa shape index (κ2) is 5.17. The van der Waals surface area contributed by atoms with Crippen LogP contribution in [0.4, 0.5) is 0 Å². The fourth-order valence-electron chi connectivity index (χ4n) is 2.59. The van der Waals surface area contributed by atoms with E-state index in [9.17, 15) is 4.79 Å². The minimum Gasteiger partial charge on any atom is -0.329 e. The van der Waals surface area contributed by atoms with Crippen molar-refractivity contribution in [2.75, 3.05) is 0 Å². The molecule has 22 heavy (non-hydrogen) atoms. The van der Waals surface area contributed by atoms with E-state index in [-0.39, 0.29) is 5.91 Å². The predicted molar refractivity (Wildman–Crippen MR) is 82.7 cm³/mol. The van der Waals surface area contributed by atoms with Crippen molar-refractivity contribution in [2.45, 2.75) is 32.4 Å². The number of pyridine rings is 1. The van der Waals surface area contributed by atoms with Crippen molar-refractivity contribution < 1.29 is 4.79 Å². The number of hydrogen-bond acceptors (Lipinski definition) is 5. The van der Waals surface area contributed by atoms with Gasteiger partial charge in [0.15, 0.2) is 0 Å². The second-order valence-corrected chi connectivity index (χ2v) is 6.28. The highest BCUT2D eigenvalue weighted by molar-refractivity contribution is 7.07. The maximum absolute atomic E-state index is 12.8. The van der Waals surface area contributed by atoms with Gasteiger partial charge in [-0.1, -0.05) is 10.6 Å². The maximum Gasteiger partial charge on any atom is 0.268 e. The molecule has 3 aromatic heterocycles. The van der Waals surface area contributed by atoms with E-state index in [1.165, 1.54) is 11.5 Å². The molecule has 1 aliphatic carbocycles. The van der Waals surface area contributed by atoms with Crippen LogP contribution >= 0.6 is 11.5 Å². The van der Waals surface area contributed by atoms with Crippen LogP contribution in [0.25, 0.3) is 5.65 Å². The first kappa shape index (κ1) is 13.4. The van der Waals surface area contributed by atoms with Crippen LogP contribution in [0.3, 0.4) is 0 Å². The maximum atomic E-state index is 12.8. The third-order valence-electron chi connectivity index (χ3n) is 3.92. The number of amides is 1. The van der Waals surface area contributed by atoms with E-state index in [1.54, 1.807) is 0 Å². The first-order valence-corrected chi connectivity index (χ1v) is 8.02. The number of fused-ring (bicyclic) bond motifs is 1. The summed E-state index contributed by atoms with van der Waals surface area (Å²) in [4.78, 5) is 19.8. The number of carbonyl (C=O) groups excluding carboxylic acids is 1. The lowest BCUT2D eigenvalue weighted by Crippen LogP contribution is -2.33. The molecule has 0 N–H and O–H groups in total. The zero-order valence-corrected chi connectivity index (χ0v) is 13.0. The molecule has 6 nitrogen and oxygen atoms in total. The Balaban J connectivity index is 1.66. The Morgan fingerprint density at radius 2 is 2.32 bits per heavy atom. The van der Waals surface area contributed by atoms with E-state index in [0.29, 0.717) is 23.2 Å². The number of hydrogen-bond donors (Lipinski definition) is 0. The summed E-state index contributed by atoms with van der Waals surface area (Å²) in [6, 6.07) is 6.22. The number of rotatable bonds is 4. The van der Waals surface area contributed by atoms with Gasteiger partial charge in [0.05, 0.1) is 24.1 Å². The van der Waals surface area contributed by atoms with Crippen molar-refractivity contribution in [1.82, 2.24) is 23.9 Å². The Kier molecular flexibility index (Phi) is 3.15. The molecule has 3 aromatic rings. The molecule has 1 fully saturated rings. The summed E-state index contributed by atoms with van der Waals surface area (Å²) in [5.41, 5.74) is 2.63. The fourth-order valence-corrected chi connectivity index (χ4v) is 3.20. The van der Waals surface area contributed by atoms with Crippen molar-refractivity contribution >= 4 is 23.1 Å². The minimum absolute atomic E-state index is 0.0286. The molecule has 0 aromatic carbocycles. The normalized spacial score (nSPS) is 14.4. The van der Waals surface area contributed by atoms with Crippen molar-refractivity contribution in [2.24, 2.45) is 0 Å². The fraction of sp³-hybridized carbons (Fsp3) is 0.333. The highest BCUT2D eigenvalue weighted by Crippen LogP contribution is 2.30. The molecule has 1 aliphatic rings. The van der Waals surface area contributed by atoms with Gasteiger partial charge in [0.25, 0.3) is 5.91 Å². The number of imidazole rings is 1. The van der Waals surface area contributed by atoms with Crippen LogP contribution in [-0.4, -0.2) is 35.8 Å². The quantitative estimate of drug-likeness (QED) is 0.741. The number of aryl methyl sites for hydroxylation is 1. The molecular formula is C15H15N5OS. The van der Waals surface area contributed by atoms with Gasteiger partial charge < -0.3 is 9.30 Å². The van der Waals surface area contributed by atoms with Gasteiger partial charge in [-0.15, -0.1) is 5.10 Å². The molecule has 0 atom stereocenters. The Labute approximate surface area is 131 Å². The SMILES string of the molecule is Cc1nnsc1C(=O)N(Cc1cnc2ccccn12)C1CC1. The van der Waals surface area contributed by atoms with Crippen LogP contribution in [0, 0.1) is 6.92 Å². The second-order valence-electron chi connectivity index (χ2n) is 5.53. The third kappa shape index (κ3) is 2.27. The Hall–Kier alpha value is -2.28. The molecule has 112 valence electrons. The van der Waals surface area contributed by atoms with E-state index >= 15 is 0 Å². The molecule has 1 saturated carbocycles. The average molecular weight is 313 g/mol. The zero-order valence-electron chi connectivity index (χ0n) is 12.1. The smallest absolute Gasteiger partial charge is 0.268 e. The van der Waals surface area contributed by atoms with Crippen LogP contribution in [0.1, 0.15) is 33.9 Å². The molecule has 0 radical (unpaired) electrons. The molecule has 1 amide bonds. The monoisotopic (exact) mass is 313 g/mol. The third-order valence-corrected chi connectivity index (χ3v) is 4.74. The van der Waals surface area contributed by atoms with E-state index in [0.717, 1.165) is 24.2 Å². The van der Waals surface area contributed by atoms with Crippen LogP contribution in [0.5, 0.6) is 0 Å². The summed E-state index contributed by atoms with van der Waals surface area (Å²) >= 11 is 1.17. The Bertz CT molecular complexity index is 835. The first-order valence-electron chi connectivity index (χ1n) is 7.25. The van der Waals surface area contributed by atoms with Gasteiger partial charge in [0, 0.05) is 12.2 Å². The van der Waals surface area contributed by atoms with Gasteiger partial charge in [-0.2, -0.15) is 0 Å². The van der Waals surface area contributed by atoms with Crippen LogP contribution in [-0.2, 0) is 6.54 Å². The highest BCUT2D eigenvalue weighted by atomic mass is 32.1. The minimum atomic E-state index is 0.0286. The number of nitrogens with zero attached hydrogens (tertiary/aromatic N) is 5. The summed E-state index contributed by atoms with van der Waals surface area (Å²) in [7, 11) is 0. The topological polar surface area (TPSA) is 63.4 Å². The summed E-state index contributed by atoms with van der Waals surface area (Å²) in [5.74, 6) is 0.0286. The summed E-state index contributed by atoms with van der Waals surface area (Å²) in [5, 5.41) is 3.95. The lowest BCUT2D eigenvalue weighted by atomic mass is 10.3. The molecule has 0 spiro atoms. The van der Waals surface area contributed by atoms with Crippen LogP contribution < -0.4 is 0 Å². The highest BCUT2D eigenvalue weighted by Gasteiger charge is 2.35. The largest absolute Gasteiger partial charge is 0.329 e. The van der Waals surface area contributed by atoms with Crippen molar-refractivity contribution in [3.05, 3.63) is 46.9 Å². The lowest BCUT2D eigenvalue weighted by molar-refractivity contribution is 0.0731. The van der Waals surface area contributed by atoms with Crippen molar-refractivity contribution in [3.63, 3.8) is 0 Å². The van der Waals surface area contributed by atoms with Crippen molar-refractivity contribution in [1.29, 1.82) is 0 Å². The lowest BCUT2D eigenvalue weighted by Gasteiger charge is -2.21. The van der Waals surface area contributed by atoms with Gasteiger partial charge >= 0.3 is 0 Å². The Morgan fingerprint density at radius 3 is 3.05 bits per heavy atom. The summed E-state index contributed by atoms with van der Waals surface area (Å²) in [6.07, 6.45) is 5.95. The van der Waals surface area contributed by atoms with Gasteiger partial charge in [-0.3, -0.25) is 4.79 Å².